The number of nitrogens with one attached hydrogen (secondary N) is 1. The fraction of sp³-hybridized carbons (Fsp3) is 0.844. The molecule has 0 aromatic rings. The summed E-state index contributed by atoms with van der Waals surface area (Å²) in [4.78, 5) is 39.9. The number of amides is 1. The zero-order valence-electron chi connectivity index (χ0n) is 49.6. The number of carbonyl (C=O) groups is 2. The van der Waals surface area contributed by atoms with Crippen LogP contribution in [0.25, 0.3) is 0 Å². The van der Waals surface area contributed by atoms with Crippen LogP contribution >= 0.6 is 7.82 Å². The summed E-state index contributed by atoms with van der Waals surface area (Å²) in [5, 5.41) is 3.03. The zero-order valence-corrected chi connectivity index (χ0v) is 50.4. The Hall–Kier alpha value is -2.03. The summed E-state index contributed by atoms with van der Waals surface area (Å²) in [5.41, 5.74) is 0. The Morgan fingerprint density at radius 2 is 0.865 bits per heavy atom. The molecule has 1 N–H and O–H groups in total. The maximum absolute atomic E-state index is 13.5. The highest BCUT2D eigenvalue weighted by Crippen LogP contribution is 2.38. The van der Waals surface area contributed by atoms with Crippen LogP contribution in [0.1, 0.15) is 297 Å². The van der Waals surface area contributed by atoms with Crippen molar-refractivity contribution < 1.29 is 37.3 Å². The van der Waals surface area contributed by atoms with Crippen LogP contribution in [0.5, 0.6) is 0 Å². The average Bonchev–Trinajstić information content (AvgIpc) is 3.36. The molecule has 0 aliphatic rings. The SMILES string of the molecule is CC/C=C/C/C=C/C/C=C/CCCCCCC(=O)OC(/C=C\CCCCCCCCCCC)C(COP(=O)([O-])OCC[N+](C)(C)C)NC(=O)CCCCCCCCCCCCCCCCCCCCCCCCC. The number of hydrogen-bond acceptors (Lipinski definition) is 7. The van der Waals surface area contributed by atoms with E-state index in [0.717, 1.165) is 83.5 Å². The molecule has 3 atom stereocenters. The van der Waals surface area contributed by atoms with Gasteiger partial charge in [0.25, 0.3) is 7.82 Å². The Labute approximate surface area is 458 Å². The Bertz CT molecular complexity index is 1410. The van der Waals surface area contributed by atoms with E-state index in [2.05, 4.69) is 62.5 Å². The summed E-state index contributed by atoms with van der Waals surface area (Å²) in [6, 6.07) is -0.894. The van der Waals surface area contributed by atoms with Gasteiger partial charge in [0.2, 0.25) is 5.91 Å². The molecule has 0 heterocycles. The number of rotatable bonds is 57. The maximum Gasteiger partial charge on any atom is 0.306 e. The Morgan fingerprint density at radius 1 is 0.486 bits per heavy atom. The minimum atomic E-state index is -4.70. The van der Waals surface area contributed by atoms with Crippen LogP contribution in [-0.2, 0) is 27.9 Å². The lowest BCUT2D eigenvalue weighted by Crippen LogP contribution is -2.47. The molecular formula is C64H121N2O7P. The summed E-state index contributed by atoms with van der Waals surface area (Å²) in [5.74, 6) is -0.557. The van der Waals surface area contributed by atoms with Crippen molar-refractivity contribution in [3.8, 4) is 0 Å². The predicted molar refractivity (Wildman–Crippen MR) is 316 cm³/mol. The lowest BCUT2D eigenvalue weighted by Gasteiger charge is -2.30. The summed E-state index contributed by atoms with van der Waals surface area (Å²) < 4.78 is 30.3. The van der Waals surface area contributed by atoms with Crippen molar-refractivity contribution >= 4 is 19.7 Å². The van der Waals surface area contributed by atoms with Crippen LogP contribution in [0.4, 0.5) is 0 Å². The zero-order chi connectivity index (χ0) is 54.3. The van der Waals surface area contributed by atoms with Crippen molar-refractivity contribution in [1.29, 1.82) is 0 Å². The number of carbonyl (C=O) groups excluding carboxylic acids is 2. The Kier molecular flexibility index (Phi) is 52.8. The molecule has 0 aliphatic heterocycles. The van der Waals surface area contributed by atoms with E-state index < -0.39 is 26.6 Å². The second-order valence-electron chi connectivity index (χ2n) is 22.5. The molecular weight excluding hydrogens is 940 g/mol. The van der Waals surface area contributed by atoms with Crippen molar-refractivity contribution in [2.24, 2.45) is 0 Å². The number of nitrogens with zero attached hydrogens (tertiary/aromatic N) is 1. The highest BCUT2D eigenvalue weighted by molar-refractivity contribution is 7.45. The summed E-state index contributed by atoms with van der Waals surface area (Å²) in [6.45, 7) is 6.74. The average molecular weight is 1060 g/mol. The number of hydrogen-bond donors (Lipinski definition) is 1. The van der Waals surface area contributed by atoms with Crippen LogP contribution < -0.4 is 10.2 Å². The molecule has 10 heteroatoms. The van der Waals surface area contributed by atoms with Gasteiger partial charge in [0.15, 0.2) is 0 Å². The summed E-state index contributed by atoms with van der Waals surface area (Å²) in [7, 11) is 1.18. The van der Waals surface area contributed by atoms with Gasteiger partial charge in [-0.3, -0.25) is 14.2 Å². The molecule has 0 aromatic heterocycles. The van der Waals surface area contributed by atoms with Gasteiger partial charge in [-0.2, -0.15) is 0 Å². The largest absolute Gasteiger partial charge is 0.756 e. The van der Waals surface area contributed by atoms with E-state index in [1.165, 1.54) is 173 Å². The highest BCUT2D eigenvalue weighted by Gasteiger charge is 2.27. The molecule has 0 saturated heterocycles. The molecule has 9 nitrogen and oxygen atoms in total. The molecule has 1 amide bonds. The normalized spacial score (nSPS) is 14.0. The molecule has 0 spiro atoms. The monoisotopic (exact) mass is 1060 g/mol. The summed E-state index contributed by atoms with van der Waals surface area (Å²) in [6.07, 6.45) is 66.6. The van der Waals surface area contributed by atoms with Gasteiger partial charge in [0, 0.05) is 12.8 Å². The van der Waals surface area contributed by atoms with Crippen LogP contribution in [0, 0.1) is 0 Å². The van der Waals surface area contributed by atoms with Gasteiger partial charge in [-0.25, -0.2) is 0 Å². The smallest absolute Gasteiger partial charge is 0.306 e. The number of likely N-dealkylation sites (N-methyl/N-ethyl adjacent to an activating group) is 1. The van der Waals surface area contributed by atoms with E-state index in [0.29, 0.717) is 23.9 Å². The first-order valence-corrected chi connectivity index (χ1v) is 32.9. The third-order valence-electron chi connectivity index (χ3n) is 14.0. The molecule has 3 unspecified atom stereocenters. The Morgan fingerprint density at radius 3 is 1.30 bits per heavy atom. The molecule has 0 rings (SSSR count). The van der Waals surface area contributed by atoms with E-state index in [1.54, 1.807) is 0 Å². The van der Waals surface area contributed by atoms with Gasteiger partial charge in [0.05, 0.1) is 33.8 Å². The number of ether oxygens (including phenoxy) is 1. The highest BCUT2D eigenvalue weighted by atomic mass is 31.2. The standard InChI is InChI=1S/C64H121N2O7P/c1-7-10-13-16-19-22-25-27-29-30-31-32-33-34-35-36-37-38-41-44-47-50-53-56-63(67)65-61(60-72-74(69,70)71-59-58-66(4,5)6)62(55-52-49-46-43-40-24-21-18-15-12-9-3)73-64(68)57-54-51-48-45-42-39-28-26-23-20-17-14-11-8-2/h11,14,20,23,28,39,52,55,61-62H,7-10,12-13,15-19,21-22,24-27,29-38,40-51,53-54,56-60H2,1-6H3,(H-,65,67,69,70)/b14-11+,23-20+,39-28+,55-52-. The lowest BCUT2D eigenvalue weighted by atomic mass is 10.0. The van der Waals surface area contributed by atoms with Crippen LogP contribution in [-0.4, -0.2) is 69.4 Å². The number of phosphoric ester groups is 1. The second-order valence-corrected chi connectivity index (χ2v) is 23.9. The second kappa shape index (κ2) is 54.3. The van der Waals surface area contributed by atoms with Crippen LogP contribution in [0.3, 0.4) is 0 Å². The van der Waals surface area contributed by atoms with Crippen molar-refractivity contribution in [1.82, 2.24) is 5.32 Å². The van der Waals surface area contributed by atoms with E-state index in [1.807, 2.05) is 33.3 Å². The third-order valence-corrected chi connectivity index (χ3v) is 15.0. The van der Waals surface area contributed by atoms with Crippen LogP contribution in [0.2, 0.25) is 0 Å². The minimum absolute atomic E-state index is 0.0251. The van der Waals surface area contributed by atoms with E-state index >= 15 is 0 Å². The van der Waals surface area contributed by atoms with Gasteiger partial charge in [-0.15, -0.1) is 0 Å². The number of quaternary nitrogens is 1. The summed E-state index contributed by atoms with van der Waals surface area (Å²) >= 11 is 0. The first kappa shape index (κ1) is 72.0. The maximum atomic E-state index is 13.5. The number of esters is 1. The molecule has 0 saturated carbocycles. The van der Waals surface area contributed by atoms with Gasteiger partial charge in [0.1, 0.15) is 19.3 Å². The van der Waals surface area contributed by atoms with Crippen molar-refractivity contribution in [2.75, 3.05) is 40.9 Å². The van der Waals surface area contributed by atoms with Gasteiger partial charge in [-0.1, -0.05) is 269 Å². The Balaban J connectivity index is 5.11. The molecule has 0 radical (unpaired) electrons. The number of allylic oxidation sites excluding steroid dienone is 7. The van der Waals surface area contributed by atoms with Gasteiger partial charge in [-0.05, 0) is 63.9 Å². The molecule has 434 valence electrons. The van der Waals surface area contributed by atoms with E-state index in [-0.39, 0.29) is 24.9 Å². The number of unbranched alkanes of at least 4 members (excludes halogenated alkanes) is 35. The molecule has 0 aliphatic carbocycles. The fourth-order valence-electron chi connectivity index (χ4n) is 9.19. The lowest BCUT2D eigenvalue weighted by molar-refractivity contribution is -0.870. The van der Waals surface area contributed by atoms with Crippen molar-refractivity contribution in [3.63, 3.8) is 0 Å². The fourth-order valence-corrected chi connectivity index (χ4v) is 9.91. The van der Waals surface area contributed by atoms with E-state index in [4.69, 9.17) is 13.8 Å². The van der Waals surface area contributed by atoms with Crippen LogP contribution in [0.15, 0.2) is 48.6 Å². The van der Waals surface area contributed by atoms with Crippen molar-refractivity contribution in [3.05, 3.63) is 48.6 Å². The van der Waals surface area contributed by atoms with Crippen molar-refractivity contribution in [2.45, 2.75) is 309 Å². The van der Waals surface area contributed by atoms with Gasteiger partial charge < -0.3 is 28.5 Å². The quantitative estimate of drug-likeness (QED) is 0.0212. The minimum Gasteiger partial charge on any atom is -0.756 e. The topological polar surface area (TPSA) is 114 Å². The third kappa shape index (κ3) is 54.7. The van der Waals surface area contributed by atoms with Gasteiger partial charge >= 0.3 is 5.97 Å². The van der Waals surface area contributed by atoms with E-state index in [9.17, 15) is 19.0 Å². The number of phosphoric acid groups is 1. The first-order chi connectivity index (χ1) is 35.9. The first-order valence-electron chi connectivity index (χ1n) is 31.4. The molecule has 0 aromatic carbocycles. The molecule has 0 fully saturated rings. The molecule has 74 heavy (non-hydrogen) atoms. The predicted octanol–water partition coefficient (Wildman–Crippen LogP) is 18.6. The molecule has 0 bridgehead atoms.